The number of nitrogens with zero attached hydrogens (tertiary/aromatic N) is 6. The fraction of sp³-hybridized carbons (Fsp3) is 0.435. The van der Waals surface area contributed by atoms with E-state index in [0.717, 1.165) is 22.4 Å². The highest BCUT2D eigenvalue weighted by Gasteiger charge is 2.31. The van der Waals surface area contributed by atoms with Crippen molar-refractivity contribution in [1.82, 2.24) is 30.0 Å². The third-order valence-corrected chi connectivity index (χ3v) is 5.82. The van der Waals surface area contributed by atoms with Gasteiger partial charge in [0.25, 0.3) is 0 Å². The zero-order valence-electron chi connectivity index (χ0n) is 19.1. The van der Waals surface area contributed by atoms with E-state index in [2.05, 4.69) is 25.3 Å². The Morgan fingerprint density at radius 1 is 1.09 bits per heavy atom. The molecule has 0 aliphatic carbocycles. The van der Waals surface area contributed by atoms with Crippen LogP contribution in [0, 0.1) is 5.92 Å². The maximum atomic E-state index is 13.2. The zero-order chi connectivity index (χ0) is 23.4. The number of benzene rings is 1. The molecule has 1 aromatic carbocycles. The summed E-state index contributed by atoms with van der Waals surface area (Å²) in [6.07, 6.45) is 2.71. The first kappa shape index (κ1) is 22.5. The minimum Gasteiger partial charge on any atom is -0.445 e. The predicted molar refractivity (Wildman–Crippen MR) is 123 cm³/mol. The summed E-state index contributed by atoms with van der Waals surface area (Å²) in [7, 11) is 1.85. The number of piperazine rings is 1. The Kier molecular flexibility index (Phi) is 6.71. The van der Waals surface area contributed by atoms with Gasteiger partial charge < -0.3 is 19.9 Å². The molecule has 174 valence electrons. The minimum absolute atomic E-state index is 0.0725. The lowest BCUT2D eigenvalue weighted by Crippen LogP contribution is -2.56. The highest BCUT2D eigenvalue weighted by Crippen LogP contribution is 2.23. The molecule has 1 fully saturated rings. The molecule has 33 heavy (non-hydrogen) atoms. The van der Waals surface area contributed by atoms with Crippen LogP contribution < -0.4 is 10.2 Å². The van der Waals surface area contributed by atoms with Gasteiger partial charge in [0.15, 0.2) is 5.65 Å². The average Bonchev–Trinajstić information content (AvgIpc) is 3.22. The van der Waals surface area contributed by atoms with Crippen LogP contribution in [0.1, 0.15) is 19.4 Å². The summed E-state index contributed by atoms with van der Waals surface area (Å²) in [6, 6.07) is 8.79. The van der Waals surface area contributed by atoms with E-state index in [4.69, 9.17) is 4.74 Å². The molecule has 1 N–H and O–H groups in total. The number of aryl methyl sites for hydroxylation is 1. The van der Waals surface area contributed by atoms with Gasteiger partial charge in [0, 0.05) is 33.2 Å². The fourth-order valence-electron chi connectivity index (χ4n) is 3.94. The van der Waals surface area contributed by atoms with Crippen LogP contribution in [0.2, 0.25) is 0 Å². The quantitative estimate of drug-likeness (QED) is 0.611. The largest absolute Gasteiger partial charge is 0.445 e. The van der Waals surface area contributed by atoms with Crippen molar-refractivity contribution in [2.45, 2.75) is 26.5 Å². The molecule has 0 spiro atoms. The summed E-state index contributed by atoms with van der Waals surface area (Å²) in [6.45, 7) is 6.33. The molecule has 1 aliphatic heterocycles. The molecule has 2 aromatic heterocycles. The smallest absolute Gasteiger partial charge is 0.408 e. The number of carbonyl (C=O) groups is 2. The third-order valence-electron chi connectivity index (χ3n) is 5.82. The molecule has 1 atom stereocenters. The summed E-state index contributed by atoms with van der Waals surface area (Å²) >= 11 is 0. The van der Waals surface area contributed by atoms with Crippen molar-refractivity contribution < 1.29 is 14.3 Å². The lowest BCUT2D eigenvalue weighted by atomic mass is 10.0. The molecule has 0 saturated carbocycles. The predicted octanol–water partition coefficient (Wildman–Crippen LogP) is 1.96. The molecule has 10 nitrogen and oxygen atoms in total. The summed E-state index contributed by atoms with van der Waals surface area (Å²) in [4.78, 5) is 38.2. The van der Waals surface area contributed by atoms with E-state index in [0.29, 0.717) is 26.2 Å². The van der Waals surface area contributed by atoms with Crippen LogP contribution in [0.3, 0.4) is 0 Å². The van der Waals surface area contributed by atoms with E-state index >= 15 is 0 Å². The van der Waals surface area contributed by atoms with Crippen LogP contribution in [0.25, 0.3) is 11.0 Å². The Morgan fingerprint density at radius 2 is 1.82 bits per heavy atom. The van der Waals surface area contributed by atoms with Gasteiger partial charge in [0.05, 0.1) is 11.6 Å². The van der Waals surface area contributed by atoms with Crippen molar-refractivity contribution in [2.24, 2.45) is 13.0 Å². The first-order valence-corrected chi connectivity index (χ1v) is 11.1. The molecule has 0 unspecified atom stereocenters. The number of aromatic nitrogens is 4. The van der Waals surface area contributed by atoms with E-state index in [9.17, 15) is 9.59 Å². The van der Waals surface area contributed by atoms with Crippen molar-refractivity contribution >= 4 is 28.9 Å². The summed E-state index contributed by atoms with van der Waals surface area (Å²) in [5.41, 5.74) is 1.67. The molecule has 4 rings (SSSR count). The van der Waals surface area contributed by atoms with Crippen LogP contribution in [0.15, 0.2) is 42.9 Å². The number of carbonyl (C=O) groups excluding carboxylic acids is 2. The molecule has 0 bridgehead atoms. The van der Waals surface area contributed by atoms with Gasteiger partial charge >= 0.3 is 6.09 Å². The second kappa shape index (κ2) is 9.85. The number of amides is 2. The fourth-order valence-corrected chi connectivity index (χ4v) is 3.94. The molecule has 2 amide bonds. The highest BCUT2D eigenvalue weighted by molar-refractivity contribution is 5.88. The Morgan fingerprint density at radius 3 is 2.52 bits per heavy atom. The third kappa shape index (κ3) is 5.05. The molecule has 3 aromatic rings. The number of anilines is 1. The van der Waals surface area contributed by atoms with Gasteiger partial charge in [-0.3, -0.25) is 9.48 Å². The van der Waals surface area contributed by atoms with Gasteiger partial charge in [-0.25, -0.2) is 14.8 Å². The minimum atomic E-state index is -0.649. The lowest BCUT2D eigenvalue weighted by molar-refractivity contribution is -0.134. The van der Waals surface area contributed by atoms with Crippen LogP contribution >= 0.6 is 0 Å². The zero-order valence-corrected chi connectivity index (χ0v) is 19.1. The molecule has 1 aliphatic rings. The molecule has 0 radical (unpaired) electrons. The van der Waals surface area contributed by atoms with Gasteiger partial charge in [-0.05, 0) is 11.5 Å². The van der Waals surface area contributed by atoms with Crippen molar-refractivity contribution in [2.75, 3.05) is 31.1 Å². The monoisotopic (exact) mass is 451 g/mol. The van der Waals surface area contributed by atoms with Crippen molar-refractivity contribution in [3.8, 4) is 0 Å². The Bertz CT molecular complexity index is 1110. The number of hydrogen-bond donors (Lipinski definition) is 1. The number of ether oxygens (including phenoxy) is 1. The number of rotatable bonds is 6. The number of nitrogens with one attached hydrogen (secondary N) is 1. The van der Waals surface area contributed by atoms with Crippen LogP contribution in [-0.4, -0.2) is 68.9 Å². The van der Waals surface area contributed by atoms with Crippen LogP contribution in [-0.2, 0) is 23.2 Å². The second-order valence-corrected chi connectivity index (χ2v) is 8.44. The number of hydrogen-bond acceptors (Lipinski definition) is 7. The highest BCUT2D eigenvalue weighted by atomic mass is 16.5. The van der Waals surface area contributed by atoms with E-state index in [1.54, 1.807) is 15.8 Å². The van der Waals surface area contributed by atoms with Gasteiger partial charge in [0.1, 0.15) is 24.8 Å². The SMILES string of the molecule is CC(C)[C@@H](NC(=O)OCc1ccccc1)C(=O)N1CCN(c2ncnc3c2cnn3C)CC1. The van der Waals surface area contributed by atoms with E-state index in [1.165, 1.54) is 6.33 Å². The van der Waals surface area contributed by atoms with Crippen LogP contribution in [0.5, 0.6) is 0 Å². The van der Waals surface area contributed by atoms with Crippen molar-refractivity contribution in [3.63, 3.8) is 0 Å². The summed E-state index contributed by atoms with van der Waals surface area (Å²) in [5, 5.41) is 7.92. The molecular weight excluding hydrogens is 422 g/mol. The standard InChI is InChI=1S/C23H29N7O3/c1-16(2)19(27-23(32)33-14-17-7-5-4-6-8-17)22(31)30-11-9-29(10-12-30)21-18-13-26-28(3)20(18)24-15-25-21/h4-8,13,15-16,19H,9-12,14H2,1-3H3,(H,27,32)/t19-/m1/s1. The molecule has 1 saturated heterocycles. The van der Waals surface area contributed by atoms with Gasteiger partial charge in [-0.2, -0.15) is 5.10 Å². The van der Waals surface area contributed by atoms with E-state index in [-0.39, 0.29) is 18.4 Å². The topological polar surface area (TPSA) is 105 Å². The Balaban J connectivity index is 1.35. The Hall–Kier alpha value is -3.69. The van der Waals surface area contributed by atoms with Gasteiger partial charge in [-0.15, -0.1) is 0 Å². The summed E-state index contributed by atoms with van der Waals surface area (Å²) in [5.74, 6) is 0.649. The first-order valence-electron chi connectivity index (χ1n) is 11.1. The van der Waals surface area contributed by atoms with E-state index < -0.39 is 12.1 Å². The van der Waals surface area contributed by atoms with Gasteiger partial charge in [-0.1, -0.05) is 44.2 Å². The van der Waals surface area contributed by atoms with Gasteiger partial charge in [0.2, 0.25) is 5.91 Å². The average molecular weight is 452 g/mol. The normalized spacial score (nSPS) is 15.0. The van der Waals surface area contributed by atoms with E-state index in [1.807, 2.05) is 51.2 Å². The second-order valence-electron chi connectivity index (χ2n) is 8.44. The number of alkyl carbamates (subject to hydrolysis) is 1. The van der Waals surface area contributed by atoms with Crippen molar-refractivity contribution in [1.29, 1.82) is 0 Å². The molecular formula is C23H29N7O3. The summed E-state index contributed by atoms with van der Waals surface area (Å²) < 4.78 is 7.03. The lowest BCUT2D eigenvalue weighted by Gasteiger charge is -2.37. The van der Waals surface area contributed by atoms with Crippen LogP contribution in [0.4, 0.5) is 10.6 Å². The number of fused-ring (bicyclic) bond motifs is 1. The first-order chi connectivity index (χ1) is 15.9. The Labute approximate surface area is 192 Å². The maximum Gasteiger partial charge on any atom is 0.408 e. The molecule has 10 heteroatoms. The van der Waals surface area contributed by atoms with Crippen molar-refractivity contribution in [3.05, 3.63) is 48.4 Å². The molecule has 3 heterocycles. The maximum absolute atomic E-state index is 13.2.